The minimum absolute atomic E-state index is 0.0282. The molecule has 8 nitrogen and oxygen atoms in total. The van der Waals surface area contributed by atoms with Gasteiger partial charge in [-0.1, -0.05) is 11.6 Å². The lowest BCUT2D eigenvalue weighted by molar-refractivity contribution is -0.384. The molecule has 0 atom stereocenters. The summed E-state index contributed by atoms with van der Waals surface area (Å²) in [5, 5.41) is 13.2. The smallest absolute Gasteiger partial charge is 0.341 e. The first-order chi connectivity index (χ1) is 12.3. The Morgan fingerprint density at radius 2 is 2.00 bits per heavy atom. The van der Waals surface area contributed by atoms with E-state index in [2.05, 4.69) is 5.32 Å². The van der Waals surface area contributed by atoms with E-state index in [0.29, 0.717) is 0 Å². The molecule has 0 aliphatic carbocycles. The summed E-state index contributed by atoms with van der Waals surface area (Å²) in [5.74, 6) is -2.55. The number of carbonyl (C=O) groups excluding carboxylic acids is 2. The summed E-state index contributed by atoms with van der Waals surface area (Å²) in [5.41, 5.74) is -0.614. The number of rotatable bonds is 6. The number of nitrogens with one attached hydrogen (secondary N) is 1. The molecule has 1 N–H and O–H groups in total. The van der Waals surface area contributed by atoms with Crippen molar-refractivity contribution in [1.29, 1.82) is 0 Å². The van der Waals surface area contributed by atoms with Crippen molar-refractivity contribution in [3.63, 3.8) is 0 Å². The SMILES string of the molecule is COc1ccc([N+](=O)[O-])cc1NC(=O)COC(=O)c1ccc(Cl)cc1F. The molecule has 0 fully saturated rings. The quantitative estimate of drug-likeness (QED) is 0.467. The average Bonchev–Trinajstić information content (AvgIpc) is 2.59. The minimum atomic E-state index is -1.06. The third-order valence-electron chi connectivity index (χ3n) is 3.15. The first-order valence-corrected chi connectivity index (χ1v) is 7.44. The van der Waals surface area contributed by atoms with Gasteiger partial charge >= 0.3 is 5.97 Å². The van der Waals surface area contributed by atoms with E-state index in [0.717, 1.165) is 18.2 Å². The van der Waals surface area contributed by atoms with E-state index in [4.69, 9.17) is 21.1 Å². The average molecular weight is 383 g/mol. The van der Waals surface area contributed by atoms with Gasteiger partial charge in [0.25, 0.3) is 11.6 Å². The van der Waals surface area contributed by atoms with Gasteiger partial charge in [0, 0.05) is 17.2 Å². The fraction of sp³-hybridized carbons (Fsp3) is 0.125. The fourth-order valence-corrected chi connectivity index (χ4v) is 2.12. The van der Waals surface area contributed by atoms with Crippen molar-refractivity contribution in [1.82, 2.24) is 0 Å². The zero-order valence-electron chi connectivity index (χ0n) is 13.3. The molecule has 0 aromatic heterocycles. The number of carbonyl (C=O) groups is 2. The number of non-ortho nitro benzene ring substituents is 1. The van der Waals surface area contributed by atoms with Gasteiger partial charge in [0.05, 0.1) is 23.3 Å². The summed E-state index contributed by atoms with van der Waals surface area (Å²) in [6.07, 6.45) is 0. The molecule has 2 aromatic carbocycles. The molecule has 0 bridgehead atoms. The number of hydrogen-bond acceptors (Lipinski definition) is 6. The van der Waals surface area contributed by atoms with E-state index in [1.807, 2.05) is 0 Å². The summed E-state index contributed by atoms with van der Waals surface area (Å²) in [7, 11) is 1.32. The third kappa shape index (κ3) is 4.67. The minimum Gasteiger partial charge on any atom is -0.495 e. The molecule has 136 valence electrons. The highest BCUT2D eigenvalue weighted by atomic mass is 35.5. The number of benzene rings is 2. The first kappa shape index (κ1) is 19.1. The number of halogens is 2. The Kier molecular flexibility index (Phi) is 6.07. The summed E-state index contributed by atoms with van der Waals surface area (Å²) >= 11 is 5.59. The normalized spacial score (nSPS) is 10.1. The van der Waals surface area contributed by atoms with Crippen LogP contribution in [0.1, 0.15) is 10.4 Å². The van der Waals surface area contributed by atoms with Crippen molar-refractivity contribution in [3.8, 4) is 5.75 Å². The molecule has 0 saturated heterocycles. The van der Waals surface area contributed by atoms with Crippen LogP contribution in [0.25, 0.3) is 0 Å². The molecule has 0 spiro atoms. The molecule has 2 rings (SSSR count). The lowest BCUT2D eigenvalue weighted by Gasteiger charge is -2.10. The van der Waals surface area contributed by atoms with Crippen LogP contribution in [-0.2, 0) is 9.53 Å². The van der Waals surface area contributed by atoms with Gasteiger partial charge in [-0.25, -0.2) is 9.18 Å². The van der Waals surface area contributed by atoms with Crippen LogP contribution in [0.2, 0.25) is 5.02 Å². The number of anilines is 1. The van der Waals surface area contributed by atoms with Crippen LogP contribution in [0.4, 0.5) is 15.8 Å². The molecule has 0 heterocycles. The van der Waals surface area contributed by atoms with E-state index < -0.39 is 29.2 Å². The van der Waals surface area contributed by atoms with Gasteiger partial charge in [-0.2, -0.15) is 0 Å². The molecule has 0 unspecified atom stereocenters. The second kappa shape index (κ2) is 8.26. The van der Waals surface area contributed by atoms with Crippen LogP contribution in [0.5, 0.6) is 5.75 Å². The molecule has 1 amide bonds. The molecular weight excluding hydrogens is 371 g/mol. The molecule has 0 radical (unpaired) electrons. The zero-order chi connectivity index (χ0) is 19.3. The summed E-state index contributed by atoms with van der Waals surface area (Å²) in [6, 6.07) is 6.97. The van der Waals surface area contributed by atoms with Crippen molar-refractivity contribution >= 4 is 34.9 Å². The lowest BCUT2D eigenvalue weighted by Crippen LogP contribution is -2.21. The maximum absolute atomic E-state index is 13.6. The van der Waals surface area contributed by atoms with Crippen LogP contribution in [-0.4, -0.2) is 30.5 Å². The second-order valence-electron chi connectivity index (χ2n) is 4.89. The molecule has 2 aromatic rings. The van der Waals surface area contributed by atoms with Gasteiger partial charge in [0.2, 0.25) is 0 Å². The third-order valence-corrected chi connectivity index (χ3v) is 3.39. The highest BCUT2D eigenvalue weighted by Crippen LogP contribution is 2.28. The van der Waals surface area contributed by atoms with Crippen LogP contribution in [0.15, 0.2) is 36.4 Å². The zero-order valence-corrected chi connectivity index (χ0v) is 14.1. The Morgan fingerprint density at radius 1 is 1.27 bits per heavy atom. The van der Waals surface area contributed by atoms with Gasteiger partial charge < -0.3 is 14.8 Å². The highest BCUT2D eigenvalue weighted by molar-refractivity contribution is 6.30. The number of amides is 1. The number of nitro benzene ring substituents is 1. The van der Waals surface area contributed by atoms with Gasteiger partial charge in [0.15, 0.2) is 6.61 Å². The van der Waals surface area contributed by atoms with Gasteiger partial charge in [-0.3, -0.25) is 14.9 Å². The summed E-state index contributed by atoms with van der Waals surface area (Å²) in [4.78, 5) is 33.9. The summed E-state index contributed by atoms with van der Waals surface area (Å²) in [6.45, 7) is -0.729. The fourth-order valence-electron chi connectivity index (χ4n) is 1.96. The molecule has 0 aliphatic rings. The number of ether oxygens (including phenoxy) is 2. The van der Waals surface area contributed by atoms with Crippen LogP contribution in [0.3, 0.4) is 0 Å². The monoisotopic (exact) mass is 382 g/mol. The molecular formula is C16H12ClFN2O6. The molecule has 0 saturated carbocycles. The Morgan fingerprint density at radius 3 is 2.62 bits per heavy atom. The first-order valence-electron chi connectivity index (χ1n) is 7.06. The highest BCUT2D eigenvalue weighted by Gasteiger charge is 2.17. The van der Waals surface area contributed by atoms with Crippen molar-refractivity contribution in [2.24, 2.45) is 0 Å². The van der Waals surface area contributed by atoms with Gasteiger partial charge in [0.1, 0.15) is 11.6 Å². The van der Waals surface area contributed by atoms with Crippen LogP contribution in [0, 0.1) is 15.9 Å². The Bertz CT molecular complexity index is 874. The van der Waals surface area contributed by atoms with Crippen molar-refractivity contribution < 1.29 is 28.4 Å². The molecule has 26 heavy (non-hydrogen) atoms. The Hall–Kier alpha value is -3.20. The van der Waals surface area contributed by atoms with E-state index in [1.165, 1.54) is 25.3 Å². The van der Waals surface area contributed by atoms with Gasteiger partial charge in [-0.15, -0.1) is 0 Å². The van der Waals surface area contributed by atoms with E-state index >= 15 is 0 Å². The van der Waals surface area contributed by atoms with Gasteiger partial charge in [-0.05, 0) is 24.3 Å². The summed E-state index contributed by atoms with van der Waals surface area (Å²) < 4.78 is 23.3. The topological polar surface area (TPSA) is 108 Å². The van der Waals surface area contributed by atoms with E-state index in [9.17, 15) is 24.1 Å². The number of esters is 1. The standard InChI is InChI=1S/C16H12ClFN2O6/c1-25-14-5-3-10(20(23)24)7-13(14)19-15(21)8-26-16(22)11-4-2-9(17)6-12(11)18/h2-7H,8H2,1H3,(H,19,21). The van der Waals surface area contributed by atoms with Crippen molar-refractivity contribution in [2.75, 3.05) is 19.0 Å². The molecule has 10 heteroatoms. The maximum Gasteiger partial charge on any atom is 0.341 e. The number of nitro groups is 1. The van der Waals surface area contributed by atoms with Crippen LogP contribution >= 0.6 is 11.6 Å². The predicted molar refractivity (Wildman–Crippen MR) is 90.0 cm³/mol. The van der Waals surface area contributed by atoms with Crippen molar-refractivity contribution in [2.45, 2.75) is 0 Å². The van der Waals surface area contributed by atoms with Crippen LogP contribution < -0.4 is 10.1 Å². The Labute approximate surface area is 151 Å². The molecule has 0 aliphatic heterocycles. The lowest BCUT2D eigenvalue weighted by atomic mass is 10.2. The number of nitrogens with zero attached hydrogens (tertiary/aromatic N) is 1. The maximum atomic E-state index is 13.6. The second-order valence-corrected chi connectivity index (χ2v) is 5.33. The Balaban J connectivity index is 2.03. The number of methoxy groups -OCH3 is 1. The van der Waals surface area contributed by atoms with Crippen molar-refractivity contribution in [3.05, 3.63) is 62.9 Å². The van der Waals surface area contributed by atoms with E-state index in [1.54, 1.807) is 0 Å². The number of hydrogen-bond donors (Lipinski definition) is 1. The predicted octanol–water partition coefficient (Wildman–Crippen LogP) is 3.19. The largest absolute Gasteiger partial charge is 0.495 e. The van der Waals surface area contributed by atoms with E-state index in [-0.39, 0.29) is 27.7 Å².